The van der Waals surface area contributed by atoms with E-state index in [4.69, 9.17) is 4.74 Å². The molecule has 0 saturated carbocycles. The molecule has 2 nitrogen and oxygen atoms in total. The van der Waals surface area contributed by atoms with Gasteiger partial charge in [-0.2, -0.15) is 0 Å². The molecule has 0 amide bonds. The summed E-state index contributed by atoms with van der Waals surface area (Å²) in [7, 11) is 1.71. The van der Waals surface area contributed by atoms with Crippen molar-refractivity contribution in [1.82, 2.24) is 0 Å². The molecule has 1 N–H and O–H groups in total. The summed E-state index contributed by atoms with van der Waals surface area (Å²) in [5, 5.41) is 6.21. The van der Waals surface area contributed by atoms with Crippen LogP contribution in [0.5, 0.6) is 5.75 Å². The molecule has 3 aromatic rings. The van der Waals surface area contributed by atoms with Gasteiger partial charge in [0.05, 0.1) is 18.8 Å². The minimum absolute atomic E-state index is 0.252. The van der Waals surface area contributed by atoms with E-state index >= 15 is 0 Å². The van der Waals surface area contributed by atoms with Crippen LogP contribution in [0.3, 0.4) is 0 Å². The lowest BCUT2D eigenvalue weighted by atomic mass is 9.97. The molecule has 0 aromatic heterocycles. The Morgan fingerprint density at radius 1 is 0.909 bits per heavy atom. The lowest BCUT2D eigenvalue weighted by Gasteiger charge is -2.22. The van der Waals surface area contributed by atoms with E-state index in [1.165, 1.54) is 16.3 Å². The van der Waals surface area contributed by atoms with Crippen LogP contribution < -0.4 is 10.1 Å². The Balaban J connectivity index is 2.00. The van der Waals surface area contributed by atoms with Gasteiger partial charge in [-0.15, -0.1) is 0 Å². The highest BCUT2D eigenvalue weighted by atomic mass is 16.5. The SMILES string of the molecule is CC[C@H](Nc1ccccc1OC)c1cccc2ccccc12. The minimum Gasteiger partial charge on any atom is -0.495 e. The minimum atomic E-state index is 0.252. The van der Waals surface area contributed by atoms with Crippen molar-refractivity contribution in [3.63, 3.8) is 0 Å². The third-order valence-corrected chi connectivity index (χ3v) is 4.04. The standard InChI is InChI=1S/C20H21NO/c1-3-18(21-19-13-6-7-14-20(19)22-2)17-12-8-10-15-9-4-5-11-16(15)17/h4-14,18,21H,3H2,1-2H3/t18-/m0/s1. The van der Waals surface area contributed by atoms with E-state index in [1.54, 1.807) is 7.11 Å². The van der Waals surface area contributed by atoms with Crippen molar-refractivity contribution >= 4 is 16.5 Å². The second kappa shape index (κ2) is 6.52. The average Bonchev–Trinajstić information content (AvgIpc) is 2.59. The number of rotatable bonds is 5. The molecule has 0 spiro atoms. The van der Waals surface area contributed by atoms with Gasteiger partial charge >= 0.3 is 0 Å². The molecule has 0 unspecified atom stereocenters. The fourth-order valence-corrected chi connectivity index (χ4v) is 2.91. The first-order chi connectivity index (χ1) is 10.8. The Hall–Kier alpha value is -2.48. The van der Waals surface area contributed by atoms with Gasteiger partial charge in [0, 0.05) is 0 Å². The predicted octanol–water partition coefficient (Wildman–Crippen LogP) is 5.41. The Morgan fingerprint density at radius 3 is 2.45 bits per heavy atom. The van der Waals surface area contributed by atoms with E-state index in [0.29, 0.717) is 0 Å². The van der Waals surface area contributed by atoms with E-state index in [1.807, 2.05) is 18.2 Å². The van der Waals surface area contributed by atoms with E-state index < -0.39 is 0 Å². The van der Waals surface area contributed by atoms with Crippen LogP contribution in [-0.4, -0.2) is 7.11 Å². The zero-order valence-corrected chi connectivity index (χ0v) is 13.0. The molecular formula is C20H21NO. The van der Waals surface area contributed by atoms with Crippen LogP contribution in [-0.2, 0) is 0 Å². The lowest BCUT2D eigenvalue weighted by molar-refractivity contribution is 0.416. The maximum absolute atomic E-state index is 5.45. The van der Waals surface area contributed by atoms with Crippen molar-refractivity contribution in [2.24, 2.45) is 0 Å². The normalized spacial score (nSPS) is 12.1. The zero-order valence-electron chi connectivity index (χ0n) is 13.0. The van der Waals surface area contributed by atoms with E-state index in [-0.39, 0.29) is 6.04 Å². The summed E-state index contributed by atoms with van der Waals surface area (Å²) >= 11 is 0. The summed E-state index contributed by atoms with van der Waals surface area (Å²) in [6.45, 7) is 2.20. The van der Waals surface area contributed by atoms with Crippen molar-refractivity contribution in [2.75, 3.05) is 12.4 Å². The van der Waals surface area contributed by atoms with Gasteiger partial charge in [0.15, 0.2) is 0 Å². The van der Waals surface area contributed by atoms with Gasteiger partial charge < -0.3 is 10.1 Å². The van der Waals surface area contributed by atoms with Crippen LogP contribution in [0.25, 0.3) is 10.8 Å². The Morgan fingerprint density at radius 2 is 1.64 bits per heavy atom. The number of para-hydroxylation sites is 2. The van der Waals surface area contributed by atoms with Gasteiger partial charge in [-0.25, -0.2) is 0 Å². The Kier molecular flexibility index (Phi) is 4.29. The van der Waals surface area contributed by atoms with E-state index in [2.05, 4.69) is 60.8 Å². The fourth-order valence-electron chi connectivity index (χ4n) is 2.91. The maximum atomic E-state index is 5.45. The number of fused-ring (bicyclic) bond motifs is 1. The Labute approximate surface area is 131 Å². The van der Waals surface area contributed by atoms with Gasteiger partial charge in [0.1, 0.15) is 5.75 Å². The van der Waals surface area contributed by atoms with Gasteiger partial charge in [0.25, 0.3) is 0 Å². The van der Waals surface area contributed by atoms with Crippen LogP contribution in [0.1, 0.15) is 24.9 Å². The third kappa shape index (κ3) is 2.77. The molecular weight excluding hydrogens is 270 g/mol. The highest BCUT2D eigenvalue weighted by Gasteiger charge is 2.14. The van der Waals surface area contributed by atoms with E-state index in [9.17, 15) is 0 Å². The first-order valence-electron chi connectivity index (χ1n) is 7.70. The molecule has 0 radical (unpaired) electrons. The number of nitrogens with one attached hydrogen (secondary N) is 1. The molecule has 0 aliphatic heterocycles. The molecule has 112 valence electrons. The molecule has 0 fully saturated rings. The molecule has 22 heavy (non-hydrogen) atoms. The molecule has 2 heteroatoms. The van der Waals surface area contributed by atoms with Crippen molar-refractivity contribution in [3.05, 3.63) is 72.3 Å². The van der Waals surface area contributed by atoms with Gasteiger partial charge in [-0.05, 0) is 34.9 Å². The first kappa shape index (κ1) is 14.5. The van der Waals surface area contributed by atoms with Gasteiger partial charge in [0.2, 0.25) is 0 Å². The number of anilines is 1. The molecule has 0 saturated heterocycles. The molecule has 3 rings (SSSR count). The van der Waals surface area contributed by atoms with Crippen molar-refractivity contribution < 1.29 is 4.74 Å². The third-order valence-electron chi connectivity index (χ3n) is 4.04. The van der Waals surface area contributed by atoms with Crippen LogP contribution in [0.15, 0.2) is 66.7 Å². The first-order valence-corrected chi connectivity index (χ1v) is 7.70. The topological polar surface area (TPSA) is 21.3 Å². The van der Waals surface area contributed by atoms with Crippen molar-refractivity contribution in [3.8, 4) is 5.75 Å². The summed E-state index contributed by atoms with van der Waals surface area (Å²) in [6, 6.07) is 23.3. The fraction of sp³-hybridized carbons (Fsp3) is 0.200. The highest BCUT2D eigenvalue weighted by molar-refractivity contribution is 5.86. The average molecular weight is 291 g/mol. The number of ether oxygens (including phenoxy) is 1. The molecule has 1 atom stereocenters. The largest absolute Gasteiger partial charge is 0.495 e. The Bertz CT molecular complexity index is 761. The predicted molar refractivity (Wildman–Crippen MR) is 93.6 cm³/mol. The maximum Gasteiger partial charge on any atom is 0.141 e. The zero-order chi connectivity index (χ0) is 15.4. The van der Waals surface area contributed by atoms with E-state index in [0.717, 1.165) is 17.9 Å². The highest BCUT2D eigenvalue weighted by Crippen LogP contribution is 2.32. The quantitative estimate of drug-likeness (QED) is 0.678. The second-order valence-corrected chi connectivity index (χ2v) is 5.37. The lowest BCUT2D eigenvalue weighted by Crippen LogP contribution is -2.11. The van der Waals surface area contributed by atoms with Crippen LogP contribution in [0.2, 0.25) is 0 Å². The molecule has 0 heterocycles. The van der Waals surface area contributed by atoms with Gasteiger partial charge in [-0.3, -0.25) is 0 Å². The molecule has 0 aliphatic carbocycles. The summed E-state index contributed by atoms with van der Waals surface area (Å²) in [6.07, 6.45) is 1.01. The van der Waals surface area contributed by atoms with Crippen LogP contribution in [0.4, 0.5) is 5.69 Å². The summed E-state index contributed by atoms with van der Waals surface area (Å²) in [5.74, 6) is 0.876. The second-order valence-electron chi connectivity index (χ2n) is 5.37. The molecule has 3 aromatic carbocycles. The molecule has 0 aliphatic rings. The van der Waals surface area contributed by atoms with Crippen LogP contribution >= 0.6 is 0 Å². The van der Waals surface area contributed by atoms with Crippen molar-refractivity contribution in [1.29, 1.82) is 0 Å². The number of methoxy groups -OCH3 is 1. The van der Waals surface area contributed by atoms with Gasteiger partial charge in [-0.1, -0.05) is 61.5 Å². The molecule has 0 bridgehead atoms. The summed E-state index contributed by atoms with van der Waals surface area (Å²) in [5.41, 5.74) is 2.36. The smallest absolute Gasteiger partial charge is 0.141 e. The monoisotopic (exact) mass is 291 g/mol. The summed E-state index contributed by atoms with van der Waals surface area (Å²) < 4.78 is 5.45. The number of benzene rings is 3. The summed E-state index contributed by atoms with van der Waals surface area (Å²) in [4.78, 5) is 0. The number of hydrogen-bond acceptors (Lipinski definition) is 2. The van der Waals surface area contributed by atoms with Crippen molar-refractivity contribution in [2.45, 2.75) is 19.4 Å². The van der Waals surface area contributed by atoms with Crippen LogP contribution in [0, 0.1) is 0 Å². The number of hydrogen-bond donors (Lipinski definition) is 1.